The number of thioether (sulfide) groups is 1. The maximum absolute atomic E-state index is 13.1. The van der Waals surface area contributed by atoms with E-state index < -0.39 is 48.0 Å². The molecule has 2 fully saturated rings. The van der Waals surface area contributed by atoms with E-state index in [0.717, 1.165) is 43.9 Å². The van der Waals surface area contributed by atoms with Crippen LogP contribution in [0.25, 0.3) is 0 Å². The predicted molar refractivity (Wildman–Crippen MR) is 148 cm³/mol. The lowest BCUT2D eigenvalue weighted by Crippen LogP contribution is -2.65. The fourth-order valence-electron chi connectivity index (χ4n) is 5.19. The maximum Gasteiger partial charge on any atom is 0.339 e. The van der Waals surface area contributed by atoms with Crippen LogP contribution in [0.3, 0.4) is 0 Å². The van der Waals surface area contributed by atoms with Crippen LogP contribution in [0.15, 0.2) is 28.7 Å². The Balaban J connectivity index is 1.60. The summed E-state index contributed by atoms with van der Waals surface area (Å²) in [5.74, 6) is 0.114. The molecule has 1 amide bonds. The van der Waals surface area contributed by atoms with Crippen LogP contribution in [0, 0.1) is 11.8 Å². The van der Waals surface area contributed by atoms with Crippen LogP contribution in [0.5, 0.6) is 0 Å². The molecule has 38 heavy (non-hydrogen) atoms. The fourth-order valence-corrected chi connectivity index (χ4v) is 6.61. The Hall–Kier alpha value is -1.21. The van der Waals surface area contributed by atoms with Crippen molar-refractivity contribution >= 4 is 39.6 Å². The van der Waals surface area contributed by atoms with Gasteiger partial charge in [-0.15, -0.1) is 11.8 Å². The number of nitrogens with one attached hydrogen (secondary N) is 1. The average Bonchev–Trinajstić information content (AvgIpc) is 3.38. The molecule has 1 aromatic rings. The number of carbonyl (C=O) groups excluding carboxylic acids is 2. The van der Waals surface area contributed by atoms with Gasteiger partial charge in [0.15, 0.2) is 0 Å². The highest BCUT2D eigenvalue weighted by atomic mass is 79.9. The highest BCUT2D eigenvalue weighted by molar-refractivity contribution is 9.10. The van der Waals surface area contributed by atoms with Crippen LogP contribution < -0.4 is 5.32 Å². The number of halogens is 1. The molecule has 2 aliphatic rings. The molecule has 0 bridgehead atoms. The summed E-state index contributed by atoms with van der Waals surface area (Å²) in [6.45, 7) is 3.96. The molecule has 1 aliphatic heterocycles. The number of hydrogen-bond donors (Lipinski definition) is 4. The van der Waals surface area contributed by atoms with Crippen LogP contribution in [-0.2, 0) is 19.0 Å². The maximum atomic E-state index is 13.1. The van der Waals surface area contributed by atoms with Crippen molar-refractivity contribution in [1.82, 2.24) is 5.32 Å². The van der Waals surface area contributed by atoms with Crippen molar-refractivity contribution in [2.45, 2.75) is 87.9 Å². The Morgan fingerprint density at radius 1 is 1.18 bits per heavy atom. The first-order chi connectivity index (χ1) is 18.2. The van der Waals surface area contributed by atoms with E-state index in [-0.39, 0.29) is 24.2 Å². The minimum absolute atomic E-state index is 0.0516. The topological polar surface area (TPSA) is 135 Å². The summed E-state index contributed by atoms with van der Waals surface area (Å²) >= 11 is 4.48. The first-order valence-electron chi connectivity index (χ1n) is 13.2. The van der Waals surface area contributed by atoms with Gasteiger partial charge in [-0.2, -0.15) is 0 Å². The average molecular weight is 619 g/mol. The SMILES string of the molecule is CCC[C@H]1CC[C@H](C(=O)N[C@@H]([C@H]2O[C@H](SCCOC(=O)c3ccccc3Br)[C@H](O)[C@@H](O)[C@H]2O)[C@@H](C)OC)C1. The normalized spacial score (nSPS) is 31.0. The summed E-state index contributed by atoms with van der Waals surface area (Å²) in [4.78, 5) is 25.5. The monoisotopic (exact) mass is 617 g/mol. The van der Waals surface area contributed by atoms with Gasteiger partial charge < -0.3 is 34.8 Å². The smallest absolute Gasteiger partial charge is 0.339 e. The van der Waals surface area contributed by atoms with Crippen molar-refractivity contribution in [2.24, 2.45) is 11.8 Å². The Labute approximate surface area is 237 Å². The Kier molecular flexibility index (Phi) is 12.3. The molecule has 0 spiro atoms. The molecule has 9 nitrogen and oxygen atoms in total. The third-order valence-electron chi connectivity index (χ3n) is 7.45. The zero-order valence-electron chi connectivity index (χ0n) is 22.1. The Morgan fingerprint density at radius 3 is 2.61 bits per heavy atom. The second kappa shape index (κ2) is 15.0. The minimum atomic E-state index is -1.49. The molecule has 0 aromatic heterocycles. The molecule has 3 rings (SSSR count). The quantitative estimate of drug-likeness (QED) is 0.206. The van der Waals surface area contributed by atoms with Crippen molar-refractivity contribution in [2.75, 3.05) is 19.5 Å². The summed E-state index contributed by atoms with van der Waals surface area (Å²) < 4.78 is 17.5. The molecule has 1 saturated heterocycles. The second-order valence-electron chi connectivity index (χ2n) is 10.1. The molecule has 1 saturated carbocycles. The predicted octanol–water partition coefficient (Wildman–Crippen LogP) is 2.88. The molecule has 1 aliphatic carbocycles. The molecule has 214 valence electrons. The number of rotatable bonds is 12. The molecule has 1 aromatic carbocycles. The number of methoxy groups -OCH3 is 1. The fraction of sp³-hybridized carbons (Fsp3) is 0.704. The Bertz CT molecular complexity index is 923. The number of aliphatic hydroxyl groups is 3. The van der Waals surface area contributed by atoms with Gasteiger partial charge in [0.05, 0.1) is 17.7 Å². The second-order valence-corrected chi connectivity index (χ2v) is 12.1. The summed E-state index contributed by atoms with van der Waals surface area (Å²) in [5, 5.41) is 35.0. The van der Waals surface area contributed by atoms with Gasteiger partial charge in [0.25, 0.3) is 0 Å². The summed E-state index contributed by atoms with van der Waals surface area (Å²) in [6.07, 6.45) is -0.966. The third-order valence-corrected chi connectivity index (χ3v) is 9.26. The number of hydrogen-bond acceptors (Lipinski definition) is 9. The number of carbonyl (C=O) groups is 2. The van der Waals surface area contributed by atoms with Crippen LogP contribution in [-0.4, -0.2) is 88.7 Å². The van der Waals surface area contributed by atoms with Crippen molar-refractivity contribution < 1.29 is 39.1 Å². The van der Waals surface area contributed by atoms with Crippen molar-refractivity contribution in [3.05, 3.63) is 34.3 Å². The van der Waals surface area contributed by atoms with E-state index in [1.165, 1.54) is 7.11 Å². The molecule has 1 heterocycles. The molecule has 0 radical (unpaired) electrons. The number of ether oxygens (including phenoxy) is 3. The largest absolute Gasteiger partial charge is 0.461 e. The van der Waals surface area contributed by atoms with Crippen molar-refractivity contribution in [1.29, 1.82) is 0 Å². The molecule has 0 unspecified atom stereocenters. The third kappa shape index (κ3) is 7.93. The molecule has 9 atom stereocenters. The van der Waals surface area contributed by atoms with Gasteiger partial charge in [-0.1, -0.05) is 31.9 Å². The van der Waals surface area contributed by atoms with E-state index in [2.05, 4.69) is 28.2 Å². The summed E-state index contributed by atoms with van der Waals surface area (Å²) in [6, 6.07) is 6.19. The molecule has 11 heteroatoms. The van der Waals surface area contributed by atoms with Gasteiger partial charge in [0.2, 0.25) is 5.91 Å². The highest BCUT2D eigenvalue weighted by Gasteiger charge is 2.49. The van der Waals surface area contributed by atoms with Crippen LogP contribution in [0.2, 0.25) is 0 Å². The van der Waals surface area contributed by atoms with Gasteiger partial charge >= 0.3 is 5.97 Å². The van der Waals surface area contributed by atoms with Crippen LogP contribution in [0.1, 0.15) is 56.3 Å². The van der Waals surface area contributed by atoms with Gasteiger partial charge in [0.1, 0.15) is 36.5 Å². The molecular weight excluding hydrogens is 578 g/mol. The van der Waals surface area contributed by atoms with Crippen molar-refractivity contribution in [3.8, 4) is 0 Å². The standard InChI is InChI=1S/C27H40BrNO8S/c1-4-7-16-10-11-17(14-16)25(33)29-20(15(2)35-3)24-22(31)21(30)23(32)27(37-24)38-13-12-36-26(34)18-8-5-6-9-19(18)28/h5-6,8-9,15-17,20-24,27,30-32H,4,7,10-14H2,1-3H3,(H,29,33)/t15-,16+,17+,20-,21+,22-,23-,24-,27-/m1/s1. The first kappa shape index (κ1) is 31.3. The number of esters is 1. The number of amides is 1. The van der Waals surface area contributed by atoms with Crippen LogP contribution >= 0.6 is 27.7 Å². The lowest BCUT2D eigenvalue weighted by Gasteiger charge is -2.44. The number of aliphatic hydroxyl groups excluding tert-OH is 3. The van der Waals surface area contributed by atoms with E-state index in [9.17, 15) is 24.9 Å². The van der Waals surface area contributed by atoms with E-state index >= 15 is 0 Å². The molecule has 4 N–H and O–H groups in total. The zero-order valence-corrected chi connectivity index (χ0v) is 24.5. The Morgan fingerprint density at radius 2 is 1.92 bits per heavy atom. The lowest BCUT2D eigenvalue weighted by molar-refractivity contribution is -0.212. The van der Waals surface area contributed by atoms with Gasteiger partial charge in [0, 0.05) is 23.3 Å². The number of benzene rings is 1. The molecular formula is C27H40BrNO8S. The van der Waals surface area contributed by atoms with Crippen LogP contribution in [0.4, 0.5) is 0 Å². The van der Waals surface area contributed by atoms with E-state index in [1.807, 2.05) is 0 Å². The van der Waals surface area contributed by atoms with E-state index in [0.29, 0.717) is 16.0 Å². The van der Waals surface area contributed by atoms with E-state index in [4.69, 9.17) is 14.2 Å². The van der Waals surface area contributed by atoms with Gasteiger partial charge in [-0.05, 0) is 60.2 Å². The summed E-state index contributed by atoms with van der Waals surface area (Å²) in [5.41, 5.74) is -0.509. The highest BCUT2D eigenvalue weighted by Crippen LogP contribution is 2.35. The first-order valence-corrected chi connectivity index (χ1v) is 15.1. The van der Waals surface area contributed by atoms with Gasteiger partial charge in [-0.3, -0.25) is 4.79 Å². The minimum Gasteiger partial charge on any atom is -0.461 e. The zero-order chi connectivity index (χ0) is 27.8. The van der Waals surface area contributed by atoms with E-state index in [1.54, 1.807) is 31.2 Å². The van der Waals surface area contributed by atoms with Gasteiger partial charge in [-0.25, -0.2) is 4.79 Å². The van der Waals surface area contributed by atoms with Crippen molar-refractivity contribution in [3.63, 3.8) is 0 Å². The summed E-state index contributed by atoms with van der Waals surface area (Å²) in [7, 11) is 1.50. The lowest BCUT2D eigenvalue weighted by atomic mass is 9.91.